The highest BCUT2D eigenvalue weighted by molar-refractivity contribution is 6.00. The summed E-state index contributed by atoms with van der Waals surface area (Å²) in [7, 11) is 0. The molecular formula is C8H13N5O. The molecule has 2 rings (SSSR count). The first-order valence-corrected chi connectivity index (χ1v) is 4.47. The summed E-state index contributed by atoms with van der Waals surface area (Å²) in [6.45, 7) is 3.85. The molecule has 0 aromatic heterocycles. The molecule has 0 saturated heterocycles. The number of carbonyl (C=O) groups excluding carboxylic acids is 1. The van der Waals surface area contributed by atoms with Gasteiger partial charge in [-0.25, -0.2) is 4.99 Å². The minimum atomic E-state index is -0.547. The maximum Gasteiger partial charge on any atom is 0.276 e. The topological polar surface area (TPSA) is 91.5 Å². The number of carbonyl (C=O) groups is 1. The maximum absolute atomic E-state index is 11.5. The van der Waals surface area contributed by atoms with E-state index in [1.54, 1.807) is 0 Å². The van der Waals surface area contributed by atoms with Crippen LogP contribution >= 0.6 is 0 Å². The zero-order chi connectivity index (χ0) is 10.3. The summed E-state index contributed by atoms with van der Waals surface area (Å²) in [5, 5.41) is 8.57. The predicted molar refractivity (Wildman–Crippen MR) is 52.0 cm³/mol. The fourth-order valence-corrected chi connectivity index (χ4v) is 1.39. The van der Waals surface area contributed by atoms with Gasteiger partial charge in [0, 0.05) is 5.71 Å². The van der Waals surface area contributed by atoms with Crippen molar-refractivity contribution in [2.24, 2.45) is 10.7 Å². The second kappa shape index (κ2) is 2.98. The standard InChI is InChI=1S/C8H13N5O/c1-3-4(2)11-6-5(10-3)7(14)13-8(9)12-6/h4,8,11-12H,9H2,1-2H3,(H,13,14). The second-order valence-corrected chi connectivity index (χ2v) is 3.44. The van der Waals surface area contributed by atoms with Gasteiger partial charge in [0.1, 0.15) is 5.82 Å². The van der Waals surface area contributed by atoms with Crippen molar-refractivity contribution in [1.29, 1.82) is 0 Å². The Hall–Kier alpha value is -1.56. The van der Waals surface area contributed by atoms with Crippen LogP contribution in [-0.2, 0) is 4.79 Å². The van der Waals surface area contributed by atoms with Gasteiger partial charge in [-0.1, -0.05) is 0 Å². The van der Waals surface area contributed by atoms with Crippen LogP contribution in [0.3, 0.4) is 0 Å². The zero-order valence-corrected chi connectivity index (χ0v) is 8.09. The summed E-state index contributed by atoms with van der Waals surface area (Å²) in [6, 6.07) is 0.124. The van der Waals surface area contributed by atoms with E-state index in [1.807, 2.05) is 13.8 Å². The van der Waals surface area contributed by atoms with E-state index in [-0.39, 0.29) is 11.9 Å². The lowest BCUT2D eigenvalue weighted by Gasteiger charge is -2.31. The molecule has 14 heavy (non-hydrogen) atoms. The Kier molecular flexibility index (Phi) is 1.92. The van der Waals surface area contributed by atoms with Crippen LogP contribution in [-0.4, -0.2) is 24.0 Å². The molecule has 2 aliphatic rings. The fraction of sp³-hybridized carbons (Fsp3) is 0.500. The van der Waals surface area contributed by atoms with Crippen LogP contribution in [0, 0.1) is 0 Å². The minimum Gasteiger partial charge on any atom is -0.362 e. The van der Waals surface area contributed by atoms with Crippen LogP contribution in [0.5, 0.6) is 0 Å². The first-order valence-electron chi connectivity index (χ1n) is 4.47. The summed E-state index contributed by atoms with van der Waals surface area (Å²) in [5.74, 6) is 0.365. The van der Waals surface area contributed by atoms with Crippen LogP contribution in [0.2, 0.25) is 0 Å². The molecule has 2 atom stereocenters. The molecule has 0 aromatic rings. The predicted octanol–water partition coefficient (Wildman–Crippen LogP) is -1.43. The van der Waals surface area contributed by atoms with Crippen molar-refractivity contribution in [1.82, 2.24) is 16.0 Å². The number of aliphatic imine (C=N–C) groups is 1. The monoisotopic (exact) mass is 195 g/mol. The van der Waals surface area contributed by atoms with Crippen molar-refractivity contribution in [2.45, 2.75) is 26.2 Å². The minimum absolute atomic E-state index is 0.124. The third-order valence-electron chi connectivity index (χ3n) is 2.31. The molecule has 0 aliphatic carbocycles. The van der Waals surface area contributed by atoms with E-state index < -0.39 is 6.29 Å². The van der Waals surface area contributed by atoms with E-state index in [0.29, 0.717) is 11.5 Å². The number of hydrogen-bond acceptors (Lipinski definition) is 5. The van der Waals surface area contributed by atoms with Gasteiger partial charge in [0.05, 0.1) is 6.04 Å². The number of nitrogens with two attached hydrogens (primary N) is 1. The number of nitrogens with one attached hydrogen (secondary N) is 3. The van der Waals surface area contributed by atoms with E-state index in [4.69, 9.17) is 5.73 Å². The van der Waals surface area contributed by atoms with Gasteiger partial charge in [0.25, 0.3) is 5.91 Å². The highest BCUT2D eigenvalue weighted by Crippen LogP contribution is 2.13. The van der Waals surface area contributed by atoms with Crippen molar-refractivity contribution in [3.63, 3.8) is 0 Å². The number of nitrogens with zero attached hydrogens (tertiary/aromatic N) is 1. The van der Waals surface area contributed by atoms with Gasteiger partial charge in [0.2, 0.25) is 0 Å². The molecule has 0 radical (unpaired) electrons. The first kappa shape index (κ1) is 9.01. The lowest BCUT2D eigenvalue weighted by molar-refractivity contribution is -0.119. The lowest BCUT2D eigenvalue weighted by Crippen LogP contribution is -2.60. The molecule has 0 bridgehead atoms. The molecule has 1 amide bonds. The maximum atomic E-state index is 11.5. The van der Waals surface area contributed by atoms with Crippen molar-refractivity contribution in [3.8, 4) is 0 Å². The molecule has 0 aromatic carbocycles. The summed E-state index contributed by atoms with van der Waals surface area (Å²) in [6.07, 6.45) is -0.547. The molecule has 2 unspecified atom stereocenters. The van der Waals surface area contributed by atoms with E-state index >= 15 is 0 Å². The average Bonchev–Trinajstić information content (AvgIpc) is 2.08. The van der Waals surface area contributed by atoms with E-state index in [0.717, 1.165) is 5.71 Å². The van der Waals surface area contributed by atoms with Gasteiger partial charge in [-0.05, 0) is 13.8 Å². The lowest BCUT2D eigenvalue weighted by atomic mass is 10.1. The normalized spacial score (nSPS) is 31.1. The third kappa shape index (κ3) is 1.33. The molecule has 0 spiro atoms. The summed E-state index contributed by atoms with van der Waals surface area (Å²) >= 11 is 0. The number of amides is 1. The molecule has 0 saturated carbocycles. The van der Waals surface area contributed by atoms with Crippen LogP contribution in [0.15, 0.2) is 16.5 Å². The summed E-state index contributed by atoms with van der Waals surface area (Å²) in [4.78, 5) is 15.7. The summed E-state index contributed by atoms with van der Waals surface area (Å²) in [5.41, 5.74) is 6.81. The van der Waals surface area contributed by atoms with Gasteiger partial charge in [-0.3, -0.25) is 10.5 Å². The Morgan fingerprint density at radius 1 is 1.36 bits per heavy atom. The Labute approximate surface area is 81.6 Å². The van der Waals surface area contributed by atoms with Gasteiger partial charge in [-0.15, -0.1) is 0 Å². The Morgan fingerprint density at radius 3 is 2.79 bits per heavy atom. The smallest absolute Gasteiger partial charge is 0.276 e. The highest BCUT2D eigenvalue weighted by atomic mass is 16.2. The Morgan fingerprint density at radius 2 is 2.07 bits per heavy atom. The molecule has 76 valence electrons. The van der Waals surface area contributed by atoms with Crippen LogP contribution in [0.1, 0.15) is 13.8 Å². The van der Waals surface area contributed by atoms with Crippen LogP contribution < -0.4 is 21.7 Å². The van der Waals surface area contributed by atoms with Crippen molar-refractivity contribution in [2.75, 3.05) is 0 Å². The van der Waals surface area contributed by atoms with Crippen molar-refractivity contribution >= 4 is 11.6 Å². The molecule has 0 fully saturated rings. The molecule has 2 aliphatic heterocycles. The molecule has 5 N–H and O–H groups in total. The van der Waals surface area contributed by atoms with Gasteiger partial charge >= 0.3 is 0 Å². The third-order valence-corrected chi connectivity index (χ3v) is 2.31. The van der Waals surface area contributed by atoms with Crippen molar-refractivity contribution in [3.05, 3.63) is 11.5 Å². The first-order chi connectivity index (χ1) is 6.58. The molecule has 6 nitrogen and oxygen atoms in total. The largest absolute Gasteiger partial charge is 0.362 e. The van der Waals surface area contributed by atoms with Gasteiger partial charge in [-0.2, -0.15) is 0 Å². The van der Waals surface area contributed by atoms with Crippen molar-refractivity contribution < 1.29 is 4.79 Å². The average molecular weight is 195 g/mol. The highest BCUT2D eigenvalue weighted by Gasteiger charge is 2.28. The molecular weight excluding hydrogens is 182 g/mol. The quantitative estimate of drug-likeness (QED) is 0.381. The fourth-order valence-electron chi connectivity index (χ4n) is 1.39. The van der Waals surface area contributed by atoms with E-state index in [2.05, 4.69) is 20.9 Å². The van der Waals surface area contributed by atoms with E-state index in [9.17, 15) is 4.79 Å². The Bertz CT molecular complexity index is 346. The van der Waals surface area contributed by atoms with Crippen LogP contribution in [0.25, 0.3) is 0 Å². The second-order valence-electron chi connectivity index (χ2n) is 3.44. The molecule has 6 heteroatoms. The molecule has 2 heterocycles. The number of rotatable bonds is 0. The van der Waals surface area contributed by atoms with Crippen LogP contribution in [0.4, 0.5) is 0 Å². The zero-order valence-electron chi connectivity index (χ0n) is 8.09. The van der Waals surface area contributed by atoms with E-state index in [1.165, 1.54) is 0 Å². The Balaban J connectivity index is 2.36. The summed E-state index contributed by atoms with van der Waals surface area (Å²) < 4.78 is 0. The van der Waals surface area contributed by atoms with Gasteiger partial charge < -0.3 is 16.0 Å². The SMILES string of the molecule is CC1=NC2=C(NC(N)NC2=O)NC1C. The number of hydrogen-bond donors (Lipinski definition) is 4. The van der Waals surface area contributed by atoms with Gasteiger partial charge in [0.15, 0.2) is 12.0 Å².